The number of likely N-dealkylation sites (N-methyl/N-ethyl adjacent to an activating group) is 1. The average molecular weight is 438 g/mol. The Kier molecular flexibility index (Phi) is 7.90. The molecule has 1 heterocycles. The summed E-state index contributed by atoms with van der Waals surface area (Å²) in [6, 6.07) is 6.09. The number of benzene rings is 1. The zero-order valence-electron chi connectivity index (χ0n) is 16.9. The second-order valence-electron chi connectivity index (χ2n) is 6.54. The SMILES string of the molecule is CN/C(C(=O)N(N)C1OC(CO)C(O)C1O)=C(/N)C(=N)NC(=O)c1ccc(OC)cc1. The van der Waals surface area contributed by atoms with Crippen molar-refractivity contribution >= 4 is 17.6 Å². The number of aliphatic hydroxyl groups excluding tert-OH is 3. The van der Waals surface area contributed by atoms with Crippen LogP contribution in [0.2, 0.25) is 0 Å². The highest BCUT2D eigenvalue weighted by molar-refractivity contribution is 6.13. The summed E-state index contributed by atoms with van der Waals surface area (Å²) in [4.78, 5) is 25.0. The van der Waals surface area contributed by atoms with Crippen LogP contribution in [-0.2, 0) is 9.53 Å². The van der Waals surface area contributed by atoms with Gasteiger partial charge in [-0.2, -0.15) is 0 Å². The number of aliphatic hydroxyl groups is 3. The van der Waals surface area contributed by atoms with Gasteiger partial charge in [0.1, 0.15) is 35.5 Å². The first-order chi connectivity index (χ1) is 14.7. The van der Waals surface area contributed by atoms with Crippen LogP contribution in [0.25, 0.3) is 0 Å². The van der Waals surface area contributed by atoms with Gasteiger partial charge in [0.15, 0.2) is 12.1 Å². The Morgan fingerprint density at radius 1 is 1.26 bits per heavy atom. The standard InChI is InChI=1S/C18H26N6O7/c1-22-12(17(29)24(21)18-14(27)13(26)10(7-25)31-18)11(19)15(20)23-16(28)8-3-5-9(30-2)6-4-8/h3-6,10,13-14,18,22,25-27H,7,19,21H2,1-2H3,(H2,20,23,28)/b12-11+. The van der Waals surface area contributed by atoms with Crippen LogP contribution in [0, 0.1) is 5.41 Å². The van der Waals surface area contributed by atoms with Crippen LogP contribution in [-0.4, -0.2) is 83.3 Å². The van der Waals surface area contributed by atoms with Gasteiger partial charge in [0.05, 0.1) is 13.7 Å². The third-order valence-electron chi connectivity index (χ3n) is 4.62. The van der Waals surface area contributed by atoms with Crippen LogP contribution in [0.5, 0.6) is 5.75 Å². The smallest absolute Gasteiger partial charge is 0.288 e. The van der Waals surface area contributed by atoms with Gasteiger partial charge in [-0.1, -0.05) is 0 Å². The lowest BCUT2D eigenvalue weighted by Gasteiger charge is -2.27. The quantitative estimate of drug-likeness (QED) is 0.0536. The van der Waals surface area contributed by atoms with E-state index in [9.17, 15) is 19.8 Å². The molecule has 1 fully saturated rings. The number of nitrogens with one attached hydrogen (secondary N) is 3. The zero-order chi connectivity index (χ0) is 23.3. The van der Waals surface area contributed by atoms with Gasteiger partial charge in [-0.05, 0) is 24.3 Å². The Morgan fingerprint density at radius 2 is 1.87 bits per heavy atom. The lowest BCUT2D eigenvalue weighted by molar-refractivity contribution is -0.150. The molecule has 13 nitrogen and oxygen atoms in total. The lowest BCUT2D eigenvalue weighted by atomic mass is 10.1. The molecule has 1 aliphatic heterocycles. The van der Waals surface area contributed by atoms with E-state index in [2.05, 4.69) is 10.6 Å². The van der Waals surface area contributed by atoms with Crippen molar-refractivity contribution in [3.63, 3.8) is 0 Å². The van der Waals surface area contributed by atoms with Gasteiger partial charge < -0.3 is 41.2 Å². The Hall–Kier alpha value is -3.23. The van der Waals surface area contributed by atoms with Crippen molar-refractivity contribution < 1.29 is 34.4 Å². The molecule has 1 aromatic rings. The van der Waals surface area contributed by atoms with Crippen LogP contribution < -0.4 is 26.9 Å². The summed E-state index contributed by atoms with van der Waals surface area (Å²) >= 11 is 0. The Labute approximate surface area is 177 Å². The fraction of sp³-hybridized carbons (Fsp3) is 0.389. The van der Waals surface area contributed by atoms with Gasteiger partial charge in [-0.15, -0.1) is 0 Å². The number of hydrogen-bond acceptors (Lipinski definition) is 11. The van der Waals surface area contributed by atoms with E-state index in [1.165, 1.54) is 26.3 Å². The van der Waals surface area contributed by atoms with E-state index in [0.29, 0.717) is 10.8 Å². The van der Waals surface area contributed by atoms with Crippen LogP contribution in [0.4, 0.5) is 0 Å². The maximum absolute atomic E-state index is 12.7. The number of nitrogens with two attached hydrogens (primary N) is 2. The molecule has 0 radical (unpaired) electrons. The predicted molar refractivity (Wildman–Crippen MR) is 107 cm³/mol. The van der Waals surface area contributed by atoms with E-state index in [4.69, 9.17) is 31.6 Å². The fourth-order valence-electron chi connectivity index (χ4n) is 2.83. The molecule has 0 aliphatic carbocycles. The number of amides is 2. The molecule has 2 amide bonds. The second kappa shape index (κ2) is 10.2. The summed E-state index contributed by atoms with van der Waals surface area (Å²) in [5.74, 6) is 4.07. The van der Waals surface area contributed by atoms with Crippen molar-refractivity contribution in [3.8, 4) is 5.75 Å². The topological polar surface area (TPSA) is 216 Å². The molecule has 1 aromatic carbocycles. The third-order valence-corrected chi connectivity index (χ3v) is 4.62. The van der Waals surface area contributed by atoms with Crippen molar-refractivity contribution in [1.29, 1.82) is 5.41 Å². The van der Waals surface area contributed by atoms with Gasteiger partial charge in [-0.3, -0.25) is 15.0 Å². The maximum atomic E-state index is 12.7. The number of amidine groups is 1. The van der Waals surface area contributed by atoms with E-state index in [-0.39, 0.29) is 11.3 Å². The molecule has 1 aliphatic rings. The Bertz CT molecular complexity index is 859. The monoisotopic (exact) mass is 438 g/mol. The molecule has 13 heteroatoms. The van der Waals surface area contributed by atoms with Crippen molar-refractivity contribution in [2.45, 2.75) is 24.5 Å². The minimum Gasteiger partial charge on any atom is -0.497 e. The van der Waals surface area contributed by atoms with Gasteiger partial charge in [0.2, 0.25) is 0 Å². The van der Waals surface area contributed by atoms with Crippen molar-refractivity contribution in [2.24, 2.45) is 11.6 Å². The summed E-state index contributed by atoms with van der Waals surface area (Å²) in [6.45, 7) is -0.602. The van der Waals surface area contributed by atoms with Crippen LogP contribution in [0.3, 0.4) is 0 Å². The zero-order valence-corrected chi connectivity index (χ0v) is 16.9. The third kappa shape index (κ3) is 5.10. The molecular formula is C18H26N6O7. The van der Waals surface area contributed by atoms with Crippen LogP contribution in [0.15, 0.2) is 35.7 Å². The minimum atomic E-state index is -1.58. The molecule has 0 spiro atoms. The molecular weight excluding hydrogens is 412 g/mol. The second-order valence-corrected chi connectivity index (χ2v) is 6.54. The molecule has 31 heavy (non-hydrogen) atoms. The molecule has 0 bridgehead atoms. The highest BCUT2D eigenvalue weighted by atomic mass is 16.6. The molecule has 1 saturated heterocycles. The number of carbonyl (C=O) groups is 2. The van der Waals surface area contributed by atoms with Crippen LogP contribution >= 0.6 is 0 Å². The minimum absolute atomic E-state index is 0.225. The molecule has 0 saturated carbocycles. The molecule has 170 valence electrons. The fourth-order valence-corrected chi connectivity index (χ4v) is 2.83. The number of rotatable bonds is 7. The molecule has 10 N–H and O–H groups in total. The summed E-state index contributed by atoms with van der Waals surface area (Å²) < 4.78 is 10.2. The van der Waals surface area contributed by atoms with E-state index in [0.717, 1.165) is 0 Å². The number of ether oxygens (including phenoxy) is 2. The first-order valence-electron chi connectivity index (χ1n) is 9.08. The number of methoxy groups -OCH3 is 1. The molecule has 4 unspecified atom stereocenters. The molecule has 2 rings (SSSR count). The van der Waals surface area contributed by atoms with Gasteiger partial charge in [0, 0.05) is 12.6 Å². The Balaban J connectivity index is 2.15. The van der Waals surface area contributed by atoms with E-state index < -0.39 is 54.5 Å². The highest BCUT2D eigenvalue weighted by Gasteiger charge is 2.46. The van der Waals surface area contributed by atoms with Crippen LogP contribution in [0.1, 0.15) is 10.4 Å². The lowest BCUT2D eigenvalue weighted by Crippen LogP contribution is -2.53. The number of hydrogen-bond donors (Lipinski definition) is 8. The van der Waals surface area contributed by atoms with Crippen molar-refractivity contribution in [2.75, 3.05) is 20.8 Å². The first-order valence-corrected chi connectivity index (χ1v) is 9.08. The average Bonchev–Trinajstić information content (AvgIpc) is 3.07. The van der Waals surface area contributed by atoms with Gasteiger partial charge in [0.25, 0.3) is 11.8 Å². The van der Waals surface area contributed by atoms with E-state index in [1.807, 2.05) is 0 Å². The Morgan fingerprint density at radius 3 is 2.35 bits per heavy atom. The summed E-state index contributed by atoms with van der Waals surface area (Å²) in [5, 5.41) is 42.3. The van der Waals surface area contributed by atoms with E-state index >= 15 is 0 Å². The van der Waals surface area contributed by atoms with E-state index in [1.54, 1.807) is 12.1 Å². The highest BCUT2D eigenvalue weighted by Crippen LogP contribution is 2.23. The molecule has 0 aromatic heterocycles. The van der Waals surface area contributed by atoms with Crippen molar-refractivity contribution in [1.82, 2.24) is 15.6 Å². The maximum Gasteiger partial charge on any atom is 0.288 e. The molecule has 4 atom stereocenters. The summed E-state index contributed by atoms with van der Waals surface area (Å²) in [7, 11) is 2.82. The normalized spacial score (nSPS) is 23.5. The first kappa shape index (κ1) is 24.0. The van der Waals surface area contributed by atoms with Gasteiger partial charge in [-0.25, -0.2) is 10.9 Å². The largest absolute Gasteiger partial charge is 0.497 e. The number of hydrazine groups is 1. The number of carbonyl (C=O) groups excluding carboxylic acids is 2. The summed E-state index contributed by atoms with van der Waals surface area (Å²) in [6.07, 6.45) is -5.66. The summed E-state index contributed by atoms with van der Waals surface area (Å²) in [5.41, 5.74) is 5.29. The number of nitrogens with zero attached hydrogens (tertiary/aromatic N) is 1. The van der Waals surface area contributed by atoms with Gasteiger partial charge >= 0.3 is 0 Å². The predicted octanol–water partition coefficient (Wildman–Crippen LogP) is -3.07. The van der Waals surface area contributed by atoms with Crippen molar-refractivity contribution in [3.05, 3.63) is 41.2 Å².